The molecule has 0 aromatic carbocycles. The summed E-state index contributed by atoms with van der Waals surface area (Å²) >= 11 is 2.02. The monoisotopic (exact) mass is 363 g/mol. The molecule has 0 bridgehead atoms. The highest BCUT2D eigenvalue weighted by Gasteiger charge is 2.29. The normalized spacial score (nSPS) is 20.9. The van der Waals surface area contributed by atoms with E-state index < -0.39 is 14.6 Å². The summed E-state index contributed by atoms with van der Waals surface area (Å²) < 4.78 is 23.7. The van der Waals surface area contributed by atoms with Crippen LogP contribution in [-0.2, 0) is 9.84 Å². The van der Waals surface area contributed by atoms with E-state index in [0.717, 1.165) is 31.3 Å². The summed E-state index contributed by atoms with van der Waals surface area (Å²) in [5.74, 6) is 2.67. The molecule has 0 spiro atoms. The van der Waals surface area contributed by atoms with Crippen molar-refractivity contribution in [2.24, 2.45) is 10.9 Å². The highest BCUT2D eigenvalue weighted by Crippen LogP contribution is 2.25. The van der Waals surface area contributed by atoms with Gasteiger partial charge in [-0.1, -0.05) is 13.8 Å². The number of nitrogens with zero attached hydrogens (tertiary/aromatic N) is 2. The Kier molecular flexibility index (Phi) is 7.71. The highest BCUT2D eigenvalue weighted by molar-refractivity contribution is 8.00. The average molecular weight is 364 g/mol. The Bertz CT molecular complexity index is 496. The molecule has 0 amide bonds. The Morgan fingerprint density at radius 3 is 2.57 bits per heavy atom. The van der Waals surface area contributed by atoms with E-state index in [4.69, 9.17) is 0 Å². The third kappa shape index (κ3) is 6.18. The maximum Gasteiger partial charge on any atom is 0.194 e. The minimum absolute atomic E-state index is 0.0988. The molecule has 1 atom stereocenters. The Balaban J connectivity index is 2.74. The summed E-state index contributed by atoms with van der Waals surface area (Å²) in [6.07, 6.45) is 0. The van der Waals surface area contributed by atoms with Crippen molar-refractivity contribution < 1.29 is 8.42 Å². The summed E-state index contributed by atoms with van der Waals surface area (Å²) in [6, 6.07) is 0. The van der Waals surface area contributed by atoms with E-state index in [1.807, 2.05) is 18.7 Å². The molecule has 1 aliphatic rings. The smallest absolute Gasteiger partial charge is 0.194 e. The summed E-state index contributed by atoms with van der Waals surface area (Å²) in [4.78, 5) is 6.84. The first kappa shape index (κ1) is 20.6. The fourth-order valence-electron chi connectivity index (χ4n) is 2.27. The van der Waals surface area contributed by atoms with Crippen LogP contribution in [0.5, 0.6) is 0 Å². The minimum Gasteiger partial charge on any atom is -0.357 e. The van der Waals surface area contributed by atoms with Crippen molar-refractivity contribution in [1.82, 2.24) is 10.2 Å². The standard InChI is InChI=1S/C16H33N3O2S2/c1-7-17-15(18-8-11-23(20,21)16(4,5)6)19-9-10-22-14(12-19)13(2)3/h13-14H,7-12H2,1-6H3,(H,17,18). The summed E-state index contributed by atoms with van der Waals surface area (Å²) in [5.41, 5.74) is 0. The lowest BCUT2D eigenvalue weighted by Gasteiger charge is -2.36. The van der Waals surface area contributed by atoms with Gasteiger partial charge in [0.15, 0.2) is 15.8 Å². The predicted molar refractivity (Wildman–Crippen MR) is 102 cm³/mol. The SMILES string of the molecule is CCNC(=NCCS(=O)(=O)C(C)(C)C)N1CCSC(C(C)C)C1. The van der Waals surface area contributed by atoms with E-state index in [2.05, 4.69) is 29.1 Å². The third-order valence-corrected chi connectivity index (χ3v) is 8.15. The lowest BCUT2D eigenvalue weighted by molar-refractivity contribution is 0.381. The van der Waals surface area contributed by atoms with Crippen LogP contribution in [0.3, 0.4) is 0 Å². The minimum atomic E-state index is -3.12. The molecule has 0 aliphatic carbocycles. The van der Waals surface area contributed by atoms with Crippen LogP contribution in [0.15, 0.2) is 4.99 Å². The van der Waals surface area contributed by atoms with Gasteiger partial charge in [-0.25, -0.2) is 8.42 Å². The number of hydrogen-bond donors (Lipinski definition) is 1. The zero-order valence-electron chi connectivity index (χ0n) is 15.4. The molecule has 1 saturated heterocycles. The van der Waals surface area contributed by atoms with Crippen LogP contribution in [0.4, 0.5) is 0 Å². The van der Waals surface area contributed by atoms with Gasteiger partial charge in [0.05, 0.1) is 17.0 Å². The molecule has 1 unspecified atom stereocenters. The molecule has 0 aromatic rings. The highest BCUT2D eigenvalue weighted by atomic mass is 32.2. The van der Waals surface area contributed by atoms with E-state index >= 15 is 0 Å². The van der Waals surface area contributed by atoms with Crippen molar-refractivity contribution in [3.63, 3.8) is 0 Å². The molecule has 1 N–H and O–H groups in total. The van der Waals surface area contributed by atoms with Crippen LogP contribution < -0.4 is 5.32 Å². The van der Waals surface area contributed by atoms with Gasteiger partial charge in [-0.05, 0) is 33.6 Å². The van der Waals surface area contributed by atoms with Gasteiger partial charge in [0.25, 0.3) is 0 Å². The maximum atomic E-state index is 12.2. The number of hydrogen-bond acceptors (Lipinski definition) is 4. The first-order valence-corrected chi connectivity index (χ1v) is 11.2. The van der Waals surface area contributed by atoms with Crippen LogP contribution >= 0.6 is 11.8 Å². The number of guanidine groups is 1. The van der Waals surface area contributed by atoms with Gasteiger partial charge in [0.2, 0.25) is 0 Å². The average Bonchev–Trinajstić information content (AvgIpc) is 2.45. The van der Waals surface area contributed by atoms with Crippen LogP contribution in [0.1, 0.15) is 41.5 Å². The predicted octanol–water partition coefficient (Wildman–Crippen LogP) is 2.24. The summed E-state index contributed by atoms with van der Waals surface area (Å²) in [7, 11) is -3.12. The maximum absolute atomic E-state index is 12.2. The van der Waals surface area contributed by atoms with Gasteiger partial charge in [-0.2, -0.15) is 11.8 Å². The van der Waals surface area contributed by atoms with Crippen molar-refractivity contribution in [2.75, 3.05) is 37.7 Å². The second-order valence-electron chi connectivity index (χ2n) is 7.27. The molecule has 1 heterocycles. The second-order valence-corrected chi connectivity index (χ2v) is 11.5. The van der Waals surface area contributed by atoms with Gasteiger partial charge < -0.3 is 10.2 Å². The van der Waals surface area contributed by atoms with E-state index in [0.29, 0.717) is 17.7 Å². The van der Waals surface area contributed by atoms with Crippen molar-refractivity contribution in [1.29, 1.82) is 0 Å². The Hall–Kier alpha value is -0.430. The molecule has 23 heavy (non-hydrogen) atoms. The molecular weight excluding hydrogens is 330 g/mol. The number of thioether (sulfide) groups is 1. The zero-order valence-corrected chi connectivity index (χ0v) is 17.1. The number of aliphatic imine (C=N–C) groups is 1. The zero-order chi connectivity index (χ0) is 17.7. The van der Waals surface area contributed by atoms with Gasteiger partial charge in [-0.15, -0.1) is 0 Å². The van der Waals surface area contributed by atoms with Crippen LogP contribution in [0.25, 0.3) is 0 Å². The molecule has 1 fully saturated rings. The van der Waals surface area contributed by atoms with Crippen molar-refractivity contribution in [3.8, 4) is 0 Å². The van der Waals surface area contributed by atoms with Gasteiger partial charge in [0, 0.05) is 30.6 Å². The summed E-state index contributed by atoms with van der Waals surface area (Å²) in [6.45, 7) is 14.8. The molecule has 7 heteroatoms. The van der Waals surface area contributed by atoms with Crippen LogP contribution in [0.2, 0.25) is 0 Å². The topological polar surface area (TPSA) is 61.8 Å². The Morgan fingerprint density at radius 2 is 2.04 bits per heavy atom. The largest absolute Gasteiger partial charge is 0.357 e. The fourth-order valence-corrected chi connectivity index (χ4v) is 4.52. The first-order chi connectivity index (χ1) is 10.6. The lowest BCUT2D eigenvalue weighted by atomic mass is 10.1. The molecule has 0 radical (unpaired) electrons. The molecule has 0 aromatic heterocycles. The Morgan fingerprint density at radius 1 is 1.39 bits per heavy atom. The molecular formula is C16H33N3O2S2. The number of rotatable bonds is 5. The quantitative estimate of drug-likeness (QED) is 0.599. The molecule has 136 valence electrons. The van der Waals surface area contributed by atoms with Crippen molar-refractivity contribution in [3.05, 3.63) is 0 Å². The van der Waals surface area contributed by atoms with E-state index in [-0.39, 0.29) is 5.75 Å². The van der Waals surface area contributed by atoms with E-state index in [9.17, 15) is 8.42 Å². The van der Waals surface area contributed by atoms with Crippen molar-refractivity contribution >= 4 is 27.6 Å². The first-order valence-electron chi connectivity index (χ1n) is 8.45. The third-order valence-electron chi connectivity index (χ3n) is 4.03. The van der Waals surface area contributed by atoms with Crippen LogP contribution in [0, 0.1) is 5.92 Å². The molecule has 5 nitrogen and oxygen atoms in total. The lowest BCUT2D eigenvalue weighted by Crippen LogP contribution is -2.49. The van der Waals surface area contributed by atoms with Gasteiger partial charge >= 0.3 is 0 Å². The van der Waals surface area contributed by atoms with Crippen LogP contribution in [-0.4, -0.2) is 67.0 Å². The molecule has 1 aliphatic heterocycles. The van der Waals surface area contributed by atoms with E-state index in [1.54, 1.807) is 20.8 Å². The number of sulfone groups is 1. The van der Waals surface area contributed by atoms with Gasteiger partial charge in [-0.3, -0.25) is 4.99 Å². The van der Waals surface area contributed by atoms with Gasteiger partial charge in [0.1, 0.15) is 0 Å². The molecule has 0 saturated carbocycles. The fraction of sp³-hybridized carbons (Fsp3) is 0.938. The summed E-state index contributed by atoms with van der Waals surface area (Å²) in [5, 5.41) is 3.91. The van der Waals surface area contributed by atoms with Crippen molar-refractivity contribution in [2.45, 2.75) is 51.5 Å². The number of nitrogens with one attached hydrogen (secondary N) is 1. The Labute approximate surface area is 146 Å². The molecule has 1 rings (SSSR count). The second kappa shape index (κ2) is 8.60. The van der Waals surface area contributed by atoms with E-state index in [1.165, 1.54) is 0 Å².